The zero-order chi connectivity index (χ0) is 25.1. The molecule has 8 heteroatoms. The molecule has 0 aliphatic carbocycles. The number of hydrogen-bond donors (Lipinski definition) is 1. The minimum Gasteiger partial charge on any atom is -0.444 e. The molecule has 1 N–H and O–H groups in total. The number of rotatable bonds is 5. The third-order valence-corrected chi connectivity index (χ3v) is 5.81. The predicted molar refractivity (Wildman–Crippen MR) is 125 cm³/mol. The van der Waals surface area contributed by atoms with Crippen molar-refractivity contribution in [3.63, 3.8) is 0 Å². The smallest absolute Gasteiger partial charge is 0.410 e. The lowest BCUT2D eigenvalue weighted by molar-refractivity contribution is -0.198. The van der Waals surface area contributed by atoms with E-state index in [-0.39, 0.29) is 25.0 Å². The van der Waals surface area contributed by atoms with Crippen molar-refractivity contribution in [2.75, 3.05) is 26.8 Å². The number of amides is 1. The molecule has 34 heavy (non-hydrogen) atoms. The molecule has 1 unspecified atom stereocenters. The summed E-state index contributed by atoms with van der Waals surface area (Å²) in [6.45, 7) is 7.48. The van der Waals surface area contributed by atoms with Gasteiger partial charge >= 0.3 is 6.09 Å². The lowest BCUT2D eigenvalue weighted by atomic mass is 9.91. The molecule has 3 rings (SSSR count). The van der Waals surface area contributed by atoms with Crippen molar-refractivity contribution in [2.24, 2.45) is 0 Å². The molecular weight excluding hydrogens is 437 g/mol. The van der Waals surface area contributed by atoms with Gasteiger partial charge in [-0.3, -0.25) is 9.80 Å². The third kappa shape index (κ3) is 5.73. The number of methoxy groups -OCH3 is 1. The lowest BCUT2D eigenvalue weighted by Gasteiger charge is -2.52. The fourth-order valence-corrected chi connectivity index (χ4v) is 4.28. The predicted octanol–water partition coefficient (Wildman–Crippen LogP) is 4.06. The van der Waals surface area contributed by atoms with Crippen LogP contribution in [0.1, 0.15) is 50.4 Å². The van der Waals surface area contributed by atoms with Crippen molar-refractivity contribution < 1.29 is 23.8 Å². The molecule has 1 amide bonds. The summed E-state index contributed by atoms with van der Waals surface area (Å²) in [7, 11) is 1.49. The summed E-state index contributed by atoms with van der Waals surface area (Å²) < 4.78 is 24.7. The van der Waals surface area contributed by atoms with Gasteiger partial charge in [-0.2, -0.15) is 5.26 Å². The Labute approximate surface area is 200 Å². The summed E-state index contributed by atoms with van der Waals surface area (Å²) >= 11 is 0. The molecule has 182 valence electrons. The van der Waals surface area contributed by atoms with Crippen LogP contribution in [0.15, 0.2) is 48.5 Å². The van der Waals surface area contributed by atoms with Crippen LogP contribution in [0.25, 0.3) is 0 Å². The van der Waals surface area contributed by atoms with Crippen LogP contribution in [0.5, 0.6) is 0 Å². The van der Waals surface area contributed by atoms with Crippen LogP contribution < -0.4 is 0 Å². The fraction of sp³-hybridized carbons (Fsp3) is 0.462. The van der Waals surface area contributed by atoms with Gasteiger partial charge in [-0.1, -0.05) is 24.3 Å². The van der Waals surface area contributed by atoms with Gasteiger partial charge in [0.2, 0.25) is 0 Å². The number of aliphatic hydroxyl groups is 1. The Morgan fingerprint density at radius 2 is 1.76 bits per heavy atom. The van der Waals surface area contributed by atoms with Crippen molar-refractivity contribution in [3.05, 3.63) is 71.0 Å². The first-order valence-corrected chi connectivity index (χ1v) is 11.2. The number of ether oxygens (including phenoxy) is 2. The highest BCUT2D eigenvalue weighted by atomic mass is 19.1. The SMILES string of the molecule is COC[C@@]1(O)CN(C(=O)OC(C)(C)C)[C@@H](C)CN1C(c1ccc(F)cc1)c1ccc(C#N)cc1. The molecule has 0 radical (unpaired) electrons. The number of hydrogen-bond acceptors (Lipinski definition) is 6. The van der Waals surface area contributed by atoms with Crippen LogP contribution in [0.4, 0.5) is 9.18 Å². The summed E-state index contributed by atoms with van der Waals surface area (Å²) in [4.78, 5) is 16.3. The second kappa shape index (κ2) is 10.1. The first kappa shape index (κ1) is 25.6. The van der Waals surface area contributed by atoms with E-state index < -0.39 is 23.5 Å². The monoisotopic (exact) mass is 469 g/mol. The van der Waals surface area contributed by atoms with Crippen molar-refractivity contribution >= 4 is 6.09 Å². The van der Waals surface area contributed by atoms with Crippen LogP contribution >= 0.6 is 0 Å². The second-order valence-corrected chi connectivity index (χ2v) is 9.71. The Balaban J connectivity index is 2.05. The number of carbonyl (C=O) groups is 1. The molecule has 1 heterocycles. The van der Waals surface area contributed by atoms with E-state index in [4.69, 9.17) is 9.47 Å². The van der Waals surface area contributed by atoms with E-state index in [9.17, 15) is 19.6 Å². The van der Waals surface area contributed by atoms with Crippen molar-refractivity contribution in [1.82, 2.24) is 9.80 Å². The van der Waals surface area contributed by atoms with Gasteiger partial charge in [0, 0.05) is 19.7 Å². The zero-order valence-corrected chi connectivity index (χ0v) is 20.3. The minimum atomic E-state index is -1.55. The Hall–Kier alpha value is -2.99. The molecule has 1 aliphatic rings. The van der Waals surface area contributed by atoms with Crippen LogP contribution in [-0.4, -0.2) is 65.2 Å². The number of nitriles is 1. The maximum Gasteiger partial charge on any atom is 0.410 e. The molecule has 1 fully saturated rings. The molecule has 3 atom stereocenters. The molecule has 0 aromatic heterocycles. The maximum absolute atomic E-state index is 13.7. The average Bonchev–Trinajstić information content (AvgIpc) is 2.77. The molecule has 7 nitrogen and oxygen atoms in total. The summed E-state index contributed by atoms with van der Waals surface area (Å²) in [6, 6.07) is 14.5. The molecule has 1 saturated heterocycles. The van der Waals surface area contributed by atoms with Gasteiger partial charge in [-0.05, 0) is 63.1 Å². The highest BCUT2D eigenvalue weighted by Gasteiger charge is 2.48. The number of halogens is 1. The Bertz CT molecular complexity index is 1030. The fourth-order valence-electron chi connectivity index (χ4n) is 4.28. The lowest BCUT2D eigenvalue weighted by Crippen LogP contribution is -2.69. The van der Waals surface area contributed by atoms with E-state index in [1.807, 2.05) is 24.0 Å². The zero-order valence-electron chi connectivity index (χ0n) is 20.3. The van der Waals surface area contributed by atoms with Gasteiger partial charge in [-0.15, -0.1) is 0 Å². The van der Waals surface area contributed by atoms with Gasteiger partial charge in [0.25, 0.3) is 0 Å². The van der Waals surface area contributed by atoms with Crippen molar-refractivity contribution in [2.45, 2.75) is 51.1 Å². The first-order chi connectivity index (χ1) is 16.0. The summed E-state index contributed by atoms with van der Waals surface area (Å²) in [6.07, 6.45) is -0.508. The quantitative estimate of drug-likeness (QED) is 0.711. The number of nitrogens with zero attached hydrogens (tertiary/aromatic N) is 3. The van der Waals surface area contributed by atoms with Gasteiger partial charge < -0.3 is 14.6 Å². The van der Waals surface area contributed by atoms with Gasteiger partial charge in [0.1, 0.15) is 11.4 Å². The molecule has 0 bridgehead atoms. The summed E-state index contributed by atoms with van der Waals surface area (Å²) in [5.74, 6) is -0.363. The third-order valence-electron chi connectivity index (χ3n) is 5.81. The molecule has 1 aliphatic heterocycles. The topological polar surface area (TPSA) is 86.0 Å². The highest BCUT2D eigenvalue weighted by molar-refractivity contribution is 5.69. The number of carbonyl (C=O) groups excluding carboxylic acids is 1. The maximum atomic E-state index is 13.7. The highest BCUT2D eigenvalue weighted by Crippen LogP contribution is 2.37. The minimum absolute atomic E-state index is 0.0368. The van der Waals surface area contributed by atoms with Gasteiger partial charge in [-0.25, -0.2) is 9.18 Å². The molecule has 0 spiro atoms. The van der Waals surface area contributed by atoms with Gasteiger partial charge in [0.15, 0.2) is 5.72 Å². The van der Waals surface area contributed by atoms with Gasteiger partial charge in [0.05, 0.1) is 30.8 Å². The van der Waals surface area contributed by atoms with Crippen LogP contribution in [0.2, 0.25) is 0 Å². The summed E-state index contributed by atoms with van der Waals surface area (Å²) in [5.41, 5.74) is -0.133. The van der Waals surface area contributed by atoms with Crippen molar-refractivity contribution in [3.8, 4) is 6.07 Å². The van der Waals surface area contributed by atoms with Crippen LogP contribution in [0, 0.1) is 17.1 Å². The Morgan fingerprint density at radius 1 is 1.21 bits per heavy atom. The number of piperazine rings is 1. The Morgan fingerprint density at radius 3 is 2.26 bits per heavy atom. The molecule has 2 aromatic rings. The van der Waals surface area contributed by atoms with E-state index in [0.717, 1.165) is 11.1 Å². The molecule has 0 saturated carbocycles. The van der Waals surface area contributed by atoms with Crippen LogP contribution in [-0.2, 0) is 9.47 Å². The standard InChI is InChI=1S/C26H32FN3O4/c1-18-15-30(26(32,17-33-5)16-29(18)24(31)34-25(2,3)4)23(21-10-12-22(27)13-11-21)20-8-6-19(14-28)7-9-20/h6-13,18,23,32H,15-17H2,1-5H3/t18-,23?,26-/m0/s1. The first-order valence-electron chi connectivity index (χ1n) is 11.2. The molecule has 2 aromatic carbocycles. The second-order valence-electron chi connectivity index (χ2n) is 9.71. The normalized spacial score (nSPS) is 22.2. The van der Waals surface area contributed by atoms with E-state index in [1.54, 1.807) is 45.0 Å². The summed E-state index contributed by atoms with van der Waals surface area (Å²) in [5, 5.41) is 21.0. The van der Waals surface area contributed by atoms with E-state index in [1.165, 1.54) is 24.1 Å². The molecular formula is C26H32FN3O4. The van der Waals surface area contributed by atoms with Crippen LogP contribution in [0.3, 0.4) is 0 Å². The Kier molecular flexibility index (Phi) is 7.61. The number of β-amino-alcohol motifs (C(OH)–C–C–N with tert-alkyl or cyclic N) is 1. The van der Waals surface area contributed by atoms with E-state index >= 15 is 0 Å². The largest absolute Gasteiger partial charge is 0.444 e. The van der Waals surface area contributed by atoms with E-state index in [2.05, 4.69) is 6.07 Å². The average molecular weight is 470 g/mol. The number of benzene rings is 2. The van der Waals surface area contributed by atoms with Crippen molar-refractivity contribution in [1.29, 1.82) is 5.26 Å². The van der Waals surface area contributed by atoms with E-state index in [0.29, 0.717) is 12.1 Å².